The molecule has 3 N–H and O–H groups in total. The lowest BCUT2D eigenvalue weighted by atomic mass is 10.2. The summed E-state index contributed by atoms with van der Waals surface area (Å²) >= 11 is 3.26. The highest BCUT2D eigenvalue weighted by Gasteiger charge is 2.16. The van der Waals surface area contributed by atoms with Crippen molar-refractivity contribution in [1.29, 1.82) is 0 Å². The average molecular weight is 519 g/mol. The fourth-order valence-electron chi connectivity index (χ4n) is 2.32. The van der Waals surface area contributed by atoms with Gasteiger partial charge in [0.05, 0.1) is 6.54 Å². The maximum atomic E-state index is 12.1. The average Bonchev–Trinajstić information content (AvgIpc) is 3.20. The molecule has 1 fully saturated rings. The van der Waals surface area contributed by atoms with Crippen molar-refractivity contribution in [3.63, 3.8) is 0 Å². The van der Waals surface area contributed by atoms with Crippen molar-refractivity contribution in [1.82, 2.24) is 15.4 Å². The number of rotatable bonds is 8. The predicted octanol–water partition coefficient (Wildman–Crippen LogP) is 2.40. The van der Waals surface area contributed by atoms with Gasteiger partial charge in [0.25, 0.3) is 0 Å². The van der Waals surface area contributed by atoms with Crippen molar-refractivity contribution in [2.45, 2.75) is 36.1 Å². The molecule has 1 aromatic heterocycles. The van der Waals surface area contributed by atoms with Crippen molar-refractivity contribution in [2.75, 3.05) is 31.9 Å². The van der Waals surface area contributed by atoms with E-state index in [0.29, 0.717) is 22.5 Å². The Balaban J connectivity index is 0.00000312. The standard InChI is InChI=1S/C15H26N4O2S3.HI/c1-3-16-15(18-11-13-5-4-10-22-13)17-8-9-19-24(20,21)14-7-6-12(2)23-14;/h6-7,13,19H,3-5,8-11H2,1-2H3,(H2,16,17,18);1H. The summed E-state index contributed by atoms with van der Waals surface area (Å²) in [5.74, 6) is 1.98. The van der Waals surface area contributed by atoms with E-state index >= 15 is 0 Å². The molecule has 1 aliphatic heterocycles. The van der Waals surface area contributed by atoms with E-state index in [2.05, 4.69) is 20.3 Å². The molecule has 0 saturated carbocycles. The Kier molecular flexibility index (Phi) is 10.7. The molecule has 2 rings (SSSR count). The molecule has 1 unspecified atom stereocenters. The molecular weight excluding hydrogens is 491 g/mol. The molecule has 1 aliphatic rings. The number of halogens is 1. The molecule has 0 spiro atoms. The molecule has 0 bridgehead atoms. The Morgan fingerprint density at radius 1 is 1.32 bits per heavy atom. The van der Waals surface area contributed by atoms with Crippen LogP contribution in [-0.4, -0.2) is 51.6 Å². The first-order chi connectivity index (χ1) is 11.5. The summed E-state index contributed by atoms with van der Waals surface area (Å²) in [5.41, 5.74) is 0. The van der Waals surface area contributed by atoms with Gasteiger partial charge in [-0.1, -0.05) is 0 Å². The van der Waals surface area contributed by atoms with E-state index in [1.54, 1.807) is 6.07 Å². The van der Waals surface area contributed by atoms with E-state index in [1.807, 2.05) is 31.7 Å². The lowest BCUT2D eigenvalue weighted by Crippen LogP contribution is -2.41. The third-order valence-electron chi connectivity index (χ3n) is 3.51. The molecule has 6 nitrogen and oxygen atoms in total. The highest BCUT2D eigenvalue weighted by Crippen LogP contribution is 2.26. The van der Waals surface area contributed by atoms with Crippen molar-refractivity contribution in [3.8, 4) is 0 Å². The van der Waals surface area contributed by atoms with Crippen LogP contribution in [0.25, 0.3) is 0 Å². The molecule has 25 heavy (non-hydrogen) atoms. The number of hydrogen-bond acceptors (Lipinski definition) is 5. The molecule has 0 aliphatic carbocycles. The Morgan fingerprint density at radius 2 is 2.12 bits per heavy atom. The third-order valence-corrected chi connectivity index (χ3v) is 7.85. The summed E-state index contributed by atoms with van der Waals surface area (Å²) in [4.78, 5) is 5.58. The van der Waals surface area contributed by atoms with Crippen LogP contribution in [-0.2, 0) is 10.0 Å². The van der Waals surface area contributed by atoms with Crippen LogP contribution >= 0.6 is 47.1 Å². The molecule has 1 atom stereocenters. The largest absolute Gasteiger partial charge is 0.357 e. The minimum absolute atomic E-state index is 0. The number of sulfonamides is 1. The third kappa shape index (κ3) is 8.02. The first-order valence-electron chi connectivity index (χ1n) is 8.21. The quantitative estimate of drug-likeness (QED) is 0.213. The highest BCUT2D eigenvalue weighted by molar-refractivity contribution is 14.0. The second kappa shape index (κ2) is 11.6. The number of aryl methyl sites for hydroxylation is 1. The smallest absolute Gasteiger partial charge is 0.250 e. The first kappa shape index (κ1) is 23.0. The van der Waals surface area contributed by atoms with Gasteiger partial charge in [0.1, 0.15) is 4.21 Å². The number of thiophene rings is 1. The van der Waals surface area contributed by atoms with E-state index in [1.165, 1.54) is 29.9 Å². The van der Waals surface area contributed by atoms with Crippen LogP contribution in [0.2, 0.25) is 0 Å². The zero-order chi connectivity index (χ0) is 17.4. The van der Waals surface area contributed by atoms with Gasteiger partial charge in [-0.25, -0.2) is 13.1 Å². The summed E-state index contributed by atoms with van der Waals surface area (Å²) in [6, 6.07) is 3.45. The SMILES string of the molecule is CCNC(=NCC1CCCS1)NCCNS(=O)(=O)c1ccc(C)s1.I. The normalized spacial score (nSPS) is 18.0. The number of aliphatic imine (C=N–C) groups is 1. The van der Waals surface area contributed by atoms with Crippen LogP contribution in [0, 0.1) is 6.92 Å². The topological polar surface area (TPSA) is 82.6 Å². The van der Waals surface area contributed by atoms with Gasteiger partial charge in [-0.2, -0.15) is 11.8 Å². The minimum Gasteiger partial charge on any atom is -0.357 e. The number of thioether (sulfide) groups is 1. The molecule has 1 saturated heterocycles. The summed E-state index contributed by atoms with van der Waals surface area (Å²) in [7, 11) is -3.41. The van der Waals surface area contributed by atoms with Crippen LogP contribution in [0.5, 0.6) is 0 Å². The monoisotopic (exact) mass is 518 g/mol. The van der Waals surface area contributed by atoms with Crippen molar-refractivity contribution in [3.05, 3.63) is 17.0 Å². The maximum absolute atomic E-state index is 12.1. The molecule has 1 aromatic rings. The zero-order valence-corrected chi connectivity index (χ0v) is 19.4. The molecule has 0 aromatic carbocycles. The zero-order valence-electron chi connectivity index (χ0n) is 14.6. The van der Waals surface area contributed by atoms with Gasteiger partial charge in [-0.05, 0) is 44.6 Å². The van der Waals surface area contributed by atoms with Gasteiger partial charge in [-0.3, -0.25) is 4.99 Å². The molecule has 0 amide bonds. The molecular formula is C15H27IN4O2S3. The Hall–Kier alpha value is -0.0400. The summed E-state index contributed by atoms with van der Waals surface area (Å²) in [6.07, 6.45) is 2.51. The van der Waals surface area contributed by atoms with Gasteiger partial charge in [-0.15, -0.1) is 35.3 Å². The maximum Gasteiger partial charge on any atom is 0.250 e. The van der Waals surface area contributed by atoms with Crippen molar-refractivity contribution < 1.29 is 8.42 Å². The fourth-order valence-corrected chi connectivity index (χ4v) is 5.86. The van der Waals surface area contributed by atoms with Gasteiger partial charge in [0, 0.05) is 29.8 Å². The van der Waals surface area contributed by atoms with E-state index in [-0.39, 0.29) is 24.0 Å². The lowest BCUT2D eigenvalue weighted by molar-refractivity contribution is 0.582. The number of guanidine groups is 1. The van der Waals surface area contributed by atoms with E-state index in [0.717, 1.165) is 23.9 Å². The summed E-state index contributed by atoms with van der Waals surface area (Å²) < 4.78 is 27.3. The first-order valence-corrected chi connectivity index (χ1v) is 11.6. The van der Waals surface area contributed by atoms with Gasteiger partial charge < -0.3 is 10.6 Å². The molecule has 2 heterocycles. The van der Waals surface area contributed by atoms with E-state index in [4.69, 9.17) is 0 Å². The summed E-state index contributed by atoms with van der Waals surface area (Å²) in [6.45, 7) is 6.32. The second-order valence-corrected chi connectivity index (χ2v) is 10.2. The molecule has 10 heteroatoms. The van der Waals surface area contributed by atoms with E-state index < -0.39 is 10.0 Å². The number of nitrogens with zero attached hydrogens (tertiary/aromatic N) is 1. The van der Waals surface area contributed by atoms with Crippen LogP contribution in [0.1, 0.15) is 24.6 Å². The van der Waals surface area contributed by atoms with Gasteiger partial charge in [0.2, 0.25) is 10.0 Å². The highest BCUT2D eigenvalue weighted by atomic mass is 127. The van der Waals surface area contributed by atoms with Crippen LogP contribution in [0.4, 0.5) is 0 Å². The Labute approximate surface area is 176 Å². The van der Waals surface area contributed by atoms with Crippen LogP contribution in [0.15, 0.2) is 21.3 Å². The molecule has 0 radical (unpaired) electrons. The Morgan fingerprint density at radius 3 is 2.72 bits per heavy atom. The summed E-state index contributed by atoms with van der Waals surface area (Å²) in [5, 5.41) is 6.99. The van der Waals surface area contributed by atoms with Gasteiger partial charge in [0.15, 0.2) is 5.96 Å². The van der Waals surface area contributed by atoms with Crippen molar-refractivity contribution in [2.24, 2.45) is 4.99 Å². The van der Waals surface area contributed by atoms with Gasteiger partial charge >= 0.3 is 0 Å². The minimum atomic E-state index is -3.41. The predicted molar refractivity (Wildman–Crippen MR) is 119 cm³/mol. The van der Waals surface area contributed by atoms with Crippen molar-refractivity contribution >= 4 is 63.1 Å². The van der Waals surface area contributed by atoms with E-state index in [9.17, 15) is 8.42 Å². The fraction of sp³-hybridized carbons (Fsp3) is 0.667. The molecule has 144 valence electrons. The lowest BCUT2D eigenvalue weighted by Gasteiger charge is -2.13. The second-order valence-electron chi connectivity index (χ2n) is 5.54. The number of nitrogens with one attached hydrogen (secondary N) is 3. The van der Waals surface area contributed by atoms with Crippen LogP contribution in [0.3, 0.4) is 0 Å². The number of hydrogen-bond donors (Lipinski definition) is 3. The Bertz CT molecular complexity index is 643. The van der Waals surface area contributed by atoms with Crippen LogP contribution < -0.4 is 15.4 Å².